The normalized spacial score (nSPS) is 17.2. The zero-order chi connectivity index (χ0) is 12.5. The summed E-state index contributed by atoms with van der Waals surface area (Å²) >= 11 is 2.26. The van der Waals surface area contributed by atoms with Crippen molar-refractivity contribution in [2.24, 2.45) is 0 Å². The van der Waals surface area contributed by atoms with Gasteiger partial charge in [-0.3, -0.25) is 4.79 Å². The summed E-state index contributed by atoms with van der Waals surface area (Å²) in [6.45, 7) is 0. The Morgan fingerprint density at radius 1 is 1.06 bits per heavy atom. The zero-order valence-corrected chi connectivity index (χ0v) is 11.6. The minimum absolute atomic E-state index is 0.00384. The number of hydrogen-bond donors (Lipinski definition) is 2. The minimum atomic E-state index is -0.308. The SMILES string of the molecule is O=C1Nc2ccccc2C1Nc1ccccc1I. The highest BCUT2D eigenvalue weighted by atomic mass is 127. The third kappa shape index (κ3) is 1.96. The third-order valence-electron chi connectivity index (χ3n) is 2.97. The number of nitrogens with one attached hydrogen (secondary N) is 2. The molecular formula is C14H11IN2O. The van der Waals surface area contributed by atoms with E-state index in [0.717, 1.165) is 20.5 Å². The van der Waals surface area contributed by atoms with Crippen LogP contribution >= 0.6 is 22.6 Å². The van der Waals surface area contributed by atoms with E-state index < -0.39 is 0 Å². The standard InChI is InChI=1S/C14H11IN2O/c15-10-6-2-4-8-12(10)16-13-9-5-1-3-7-11(9)17-14(13)18/h1-8,13,16H,(H,17,18). The molecule has 0 saturated heterocycles. The van der Waals surface area contributed by atoms with Gasteiger partial charge in [0.2, 0.25) is 0 Å². The van der Waals surface area contributed by atoms with Crippen LogP contribution in [-0.2, 0) is 4.79 Å². The fourth-order valence-electron chi connectivity index (χ4n) is 2.09. The van der Waals surface area contributed by atoms with E-state index in [4.69, 9.17) is 0 Å². The zero-order valence-electron chi connectivity index (χ0n) is 9.48. The summed E-state index contributed by atoms with van der Waals surface area (Å²) in [6.07, 6.45) is 0. The number of halogens is 1. The molecule has 0 aromatic heterocycles. The van der Waals surface area contributed by atoms with E-state index in [9.17, 15) is 4.79 Å². The predicted molar refractivity (Wildman–Crippen MR) is 80.6 cm³/mol. The van der Waals surface area contributed by atoms with Crippen LogP contribution < -0.4 is 10.6 Å². The van der Waals surface area contributed by atoms with Crippen molar-refractivity contribution in [3.8, 4) is 0 Å². The van der Waals surface area contributed by atoms with Crippen LogP contribution in [-0.4, -0.2) is 5.91 Å². The molecule has 1 aliphatic heterocycles. The lowest BCUT2D eigenvalue weighted by Crippen LogP contribution is -2.20. The van der Waals surface area contributed by atoms with Crippen molar-refractivity contribution in [2.75, 3.05) is 10.6 Å². The number of carbonyl (C=O) groups excluding carboxylic acids is 1. The Kier molecular flexibility index (Phi) is 2.95. The van der Waals surface area contributed by atoms with Crippen molar-refractivity contribution < 1.29 is 4.79 Å². The molecule has 2 aromatic rings. The lowest BCUT2D eigenvalue weighted by molar-refractivity contribution is -0.116. The minimum Gasteiger partial charge on any atom is -0.369 e. The predicted octanol–water partition coefficient (Wildman–Crippen LogP) is 3.40. The molecule has 0 radical (unpaired) electrons. The van der Waals surface area contributed by atoms with E-state index in [2.05, 4.69) is 33.2 Å². The molecule has 3 rings (SSSR count). The highest BCUT2D eigenvalue weighted by Crippen LogP contribution is 2.33. The molecule has 1 amide bonds. The summed E-state index contributed by atoms with van der Waals surface area (Å²) < 4.78 is 1.10. The van der Waals surface area contributed by atoms with Crippen LogP contribution in [0.25, 0.3) is 0 Å². The molecule has 2 aromatic carbocycles. The average molecular weight is 350 g/mol. The van der Waals surface area contributed by atoms with Crippen LogP contribution in [0.5, 0.6) is 0 Å². The van der Waals surface area contributed by atoms with E-state index in [-0.39, 0.29) is 11.9 Å². The van der Waals surface area contributed by atoms with Crippen molar-refractivity contribution in [1.82, 2.24) is 0 Å². The van der Waals surface area contributed by atoms with Gasteiger partial charge in [0.1, 0.15) is 6.04 Å². The van der Waals surface area contributed by atoms with Gasteiger partial charge in [0.15, 0.2) is 0 Å². The van der Waals surface area contributed by atoms with E-state index >= 15 is 0 Å². The first-order chi connectivity index (χ1) is 8.75. The van der Waals surface area contributed by atoms with Crippen LogP contribution in [0.3, 0.4) is 0 Å². The lowest BCUT2D eigenvalue weighted by Gasteiger charge is -2.14. The van der Waals surface area contributed by atoms with Crippen LogP contribution in [0.1, 0.15) is 11.6 Å². The number of para-hydroxylation sites is 2. The number of hydrogen-bond acceptors (Lipinski definition) is 2. The Bertz CT molecular complexity index is 612. The van der Waals surface area contributed by atoms with Crippen LogP contribution in [0.4, 0.5) is 11.4 Å². The quantitative estimate of drug-likeness (QED) is 0.816. The molecule has 4 heteroatoms. The Morgan fingerprint density at radius 3 is 2.61 bits per heavy atom. The van der Waals surface area contributed by atoms with Gasteiger partial charge in [-0.05, 0) is 40.8 Å². The highest BCUT2D eigenvalue weighted by molar-refractivity contribution is 14.1. The molecule has 1 atom stereocenters. The van der Waals surface area contributed by atoms with E-state index in [1.807, 2.05) is 48.5 Å². The molecule has 90 valence electrons. The van der Waals surface area contributed by atoms with Crippen molar-refractivity contribution in [3.05, 3.63) is 57.7 Å². The van der Waals surface area contributed by atoms with Gasteiger partial charge in [0, 0.05) is 20.5 Å². The Labute approximate surface area is 119 Å². The molecule has 18 heavy (non-hydrogen) atoms. The molecule has 0 saturated carbocycles. The van der Waals surface area contributed by atoms with E-state index in [0.29, 0.717) is 0 Å². The van der Waals surface area contributed by atoms with Gasteiger partial charge in [-0.25, -0.2) is 0 Å². The summed E-state index contributed by atoms with van der Waals surface area (Å²) in [4.78, 5) is 12.0. The van der Waals surface area contributed by atoms with E-state index in [1.165, 1.54) is 0 Å². The molecule has 1 unspecified atom stereocenters. The van der Waals surface area contributed by atoms with Gasteiger partial charge in [-0.1, -0.05) is 30.3 Å². The van der Waals surface area contributed by atoms with Crippen LogP contribution in [0, 0.1) is 3.57 Å². The highest BCUT2D eigenvalue weighted by Gasteiger charge is 2.30. The number of rotatable bonds is 2. The largest absolute Gasteiger partial charge is 0.369 e. The second kappa shape index (κ2) is 4.61. The topological polar surface area (TPSA) is 41.1 Å². The fourth-order valence-corrected chi connectivity index (χ4v) is 2.63. The summed E-state index contributed by atoms with van der Waals surface area (Å²) in [5.41, 5.74) is 2.88. The summed E-state index contributed by atoms with van der Waals surface area (Å²) in [5, 5.41) is 6.18. The maximum Gasteiger partial charge on any atom is 0.251 e. The van der Waals surface area contributed by atoms with Gasteiger partial charge in [0.05, 0.1) is 0 Å². The second-order valence-electron chi connectivity index (χ2n) is 4.13. The molecule has 1 heterocycles. The summed E-state index contributed by atoms with van der Waals surface area (Å²) in [7, 11) is 0. The lowest BCUT2D eigenvalue weighted by atomic mass is 10.1. The van der Waals surface area contributed by atoms with Crippen LogP contribution in [0.2, 0.25) is 0 Å². The van der Waals surface area contributed by atoms with E-state index in [1.54, 1.807) is 0 Å². The molecular weight excluding hydrogens is 339 g/mol. The van der Waals surface area contributed by atoms with Crippen molar-refractivity contribution in [3.63, 3.8) is 0 Å². The fraction of sp³-hybridized carbons (Fsp3) is 0.0714. The molecule has 0 aliphatic carbocycles. The number of fused-ring (bicyclic) bond motifs is 1. The number of benzene rings is 2. The smallest absolute Gasteiger partial charge is 0.251 e. The molecule has 3 nitrogen and oxygen atoms in total. The molecule has 1 aliphatic rings. The number of anilines is 2. The molecule has 0 spiro atoms. The van der Waals surface area contributed by atoms with Crippen LogP contribution in [0.15, 0.2) is 48.5 Å². The maximum absolute atomic E-state index is 12.0. The van der Waals surface area contributed by atoms with Crippen molar-refractivity contribution in [1.29, 1.82) is 0 Å². The summed E-state index contributed by atoms with van der Waals surface area (Å²) in [6, 6.07) is 15.4. The number of amides is 1. The second-order valence-corrected chi connectivity index (χ2v) is 5.30. The van der Waals surface area contributed by atoms with Gasteiger partial charge in [-0.15, -0.1) is 0 Å². The first kappa shape index (κ1) is 11.5. The maximum atomic E-state index is 12.0. The molecule has 2 N–H and O–H groups in total. The Balaban J connectivity index is 1.94. The number of carbonyl (C=O) groups is 1. The van der Waals surface area contributed by atoms with Gasteiger partial charge in [-0.2, -0.15) is 0 Å². The summed E-state index contributed by atoms with van der Waals surface area (Å²) in [5.74, 6) is -0.00384. The third-order valence-corrected chi connectivity index (χ3v) is 3.91. The average Bonchev–Trinajstić information content (AvgIpc) is 2.69. The van der Waals surface area contributed by atoms with Gasteiger partial charge in [0.25, 0.3) is 5.91 Å². The van der Waals surface area contributed by atoms with Crippen molar-refractivity contribution >= 4 is 39.9 Å². The Hall–Kier alpha value is -1.56. The van der Waals surface area contributed by atoms with Crippen molar-refractivity contribution in [2.45, 2.75) is 6.04 Å². The van der Waals surface area contributed by atoms with Gasteiger partial charge >= 0.3 is 0 Å². The molecule has 0 bridgehead atoms. The molecule has 0 fully saturated rings. The van der Waals surface area contributed by atoms with Gasteiger partial charge < -0.3 is 10.6 Å². The first-order valence-corrected chi connectivity index (χ1v) is 6.74. The monoisotopic (exact) mass is 350 g/mol. The first-order valence-electron chi connectivity index (χ1n) is 5.66. The Morgan fingerprint density at radius 2 is 1.78 bits per heavy atom.